The second kappa shape index (κ2) is 10.3. The van der Waals surface area contributed by atoms with E-state index in [0.717, 1.165) is 44.2 Å². The molecule has 0 unspecified atom stereocenters. The van der Waals surface area contributed by atoms with E-state index in [-0.39, 0.29) is 7.47 Å². The van der Waals surface area contributed by atoms with Gasteiger partial charge in [-0.3, -0.25) is 9.30 Å². The molecule has 0 amide bonds. The summed E-state index contributed by atoms with van der Waals surface area (Å²) in [6, 6.07) is 5.12. The lowest BCUT2D eigenvalue weighted by Crippen LogP contribution is -2.53. The van der Waals surface area contributed by atoms with Crippen LogP contribution in [0.2, 0.25) is 0 Å². The van der Waals surface area contributed by atoms with Gasteiger partial charge in [-0.1, -0.05) is 6.92 Å². The number of hydrogen-bond acceptors (Lipinski definition) is 7. The average Bonchev–Trinajstić information content (AvgIpc) is 3.57. The lowest BCUT2D eigenvalue weighted by atomic mass is 10.2. The molecule has 2 aliphatic rings. The second-order valence-electron chi connectivity index (χ2n) is 9.07. The van der Waals surface area contributed by atoms with Crippen LogP contribution in [0, 0.1) is 0 Å². The fraction of sp³-hybridized carbons (Fsp3) is 0.522. The van der Waals surface area contributed by atoms with E-state index in [9.17, 15) is 21.6 Å². The van der Waals surface area contributed by atoms with Crippen molar-refractivity contribution < 1.29 is 23.0 Å². The van der Waals surface area contributed by atoms with Gasteiger partial charge in [-0.05, 0) is 38.0 Å². The van der Waals surface area contributed by atoms with Crippen molar-refractivity contribution in [1.29, 1.82) is 0 Å². The zero-order valence-electron chi connectivity index (χ0n) is 20.4. The molecule has 1 saturated heterocycles. The molecule has 2 fully saturated rings. The van der Waals surface area contributed by atoms with E-state index < -0.39 is 21.8 Å². The van der Waals surface area contributed by atoms with E-state index in [2.05, 4.69) is 36.4 Å². The molecule has 0 radical (unpaired) electrons. The normalized spacial score (nSPS) is 19.3. The van der Waals surface area contributed by atoms with E-state index in [1.807, 2.05) is 0 Å². The van der Waals surface area contributed by atoms with Gasteiger partial charge in [-0.2, -0.15) is 13.2 Å². The van der Waals surface area contributed by atoms with Crippen LogP contribution in [-0.4, -0.2) is 77.2 Å². The highest BCUT2D eigenvalue weighted by Crippen LogP contribution is 2.32. The van der Waals surface area contributed by atoms with Crippen LogP contribution in [0.4, 0.5) is 19.1 Å². The number of pyridine rings is 1. The molecule has 36 heavy (non-hydrogen) atoms. The summed E-state index contributed by atoms with van der Waals surface area (Å²) >= 11 is 0. The lowest BCUT2D eigenvalue weighted by Gasteiger charge is -2.40. The SMILES string of the molecule is CCNS(C)(=O)=O.C[C@@H]1CN(C2CC2)CCN1c1nccc(-c2cnc3ccc(C(F)(F)F)cn23)n1.[HH]. The maximum absolute atomic E-state index is 13.1. The number of nitrogens with one attached hydrogen (secondary N) is 1. The molecule has 3 aromatic rings. The Balaban J connectivity index is 0.000000422. The van der Waals surface area contributed by atoms with Gasteiger partial charge in [0.2, 0.25) is 16.0 Å². The molecule has 0 bridgehead atoms. The third kappa shape index (κ3) is 6.31. The number of fused-ring (bicyclic) bond motifs is 1. The third-order valence-electron chi connectivity index (χ3n) is 6.12. The molecule has 3 aromatic heterocycles. The van der Waals surface area contributed by atoms with E-state index >= 15 is 0 Å². The van der Waals surface area contributed by atoms with Crippen molar-refractivity contribution >= 4 is 21.6 Å². The van der Waals surface area contributed by atoms with Crippen LogP contribution < -0.4 is 9.62 Å². The van der Waals surface area contributed by atoms with Crippen molar-refractivity contribution in [2.45, 2.75) is 44.9 Å². The maximum atomic E-state index is 13.1. The molecule has 1 atom stereocenters. The number of rotatable bonds is 5. The first kappa shape index (κ1) is 26.3. The lowest BCUT2D eigenvalue weighted by molar-refractivity contribution is -0.137. The van der Waals surface area contributed by atoms with Gasteiger partial charge < -0.3 is 4.90 Å². The topological polar surface area (TPSA) is 95.7 Å². The molecule has 4 heterocycles. The summed E-state index contributed by atoms with van der Waals surface area (Å²) in [4.78, 5) is 18.0. The van der Waals surface area contributed by atoms with E-state index in [4.69, 9.17) is 0 Å². The van der Waals surface area contributed by atoms with Gasteiger partial charge in [0, 0.05) is 52.1 Å². The molecule has 0 spiro atoms. The van der Waals surface area contributed by atoms with Gasteiger partial charge in [0.15, 0.2) is 0 Å². The molecule has 5 rings (SSSR count). The van der Waals surface area contributed by atoms with Crippen molar-refractivity contribution in [3.05, 3.63) is 42.4 Å². The van der Waals surface area contributed by atoms with Gasteiger partial charge in [0.25, 0.3) is 0 Å². The van der Waals surface area contributed by atoms with Crippen LogP contribution in [-0.2, 0) is 16.2 Å². The summed E-state index contributed by atoms with van der Waals surface area (Å²) in [5, 5.41) is 0. The van der Waals surface area contributed by atoms with Crippen molar-refractivity contribution in [3.63, 3.8) is 0 Å². The first-order valence-corrected chi connectivity index (χ1v) is 13.7. The van der Waals surface area contributed by atoms with Gasteiger partial charge in [-0.15, -0.1) is 0 Å². The number of hydrogen-bond donors (Lipinski definition) is 1. The number of aromatic nitrogens is 4. The van der Waals surface area contributed by atoms with Crippen molar-refractivity contribution in [1.82, 2.24) is 29.0 Å². The molecule has 198 valence electrons. The van der Waals surface area contributed by atoms with Crippen molar-refractivity contribution in [2.75, 3.05) is 37.3 Å². The maximum Gasteiger partial charge on any atom is 0.417 e. The van der Waals surface area contributed by atoms with E-state index in [1.165, 1.54) is 23.3 Å². The molecule has 9 nitrogen and oxygen atoms in total. The number of piperazine rings is 1. The minimum Gasteiger partial charge on any atom is -0.336 e. The van der Waals surface area contributed by atoms with Crippen molar-refractivity contribution in [2.24, 2.45) is 0 Å². The van der Waals surface area contributed by atoms with Gasteiger partial charge >= 0.3 is 6.18 Å². The molecule has 0 aromatic carbocycles. The van der Waals surface area contributed by atoms with Crippen LogP contribution >= 0.6 is 0 Å². The summed E-state index contributed by atoms with van der Waals surface area (Å²) in [5.74, 6) is 0.604. The van der Waals surface area contributed by atoms with Gasteiger partial charge in [-0.25, -0.2) is 28.1 Å². The Morgan fingerprint density at radius 1 is 1.17 bits per heavy atom. The predicted molar refractivity (Wildman–Crippen MR) is 133 cm³/mol. The van der Waals surface area contributed by atoms with Crippen LogP contribution in [0.15, 0.2) is 36.8 Å². The number of halogens is 3. The standard InChI is InChI=1S/C20H21F3N6.C3H9NO2S.H2/c1-13-11-27(15-3-4-15)8-9-28(13)19-24-7-6-16(26-19)17-10-25-18-5-2-14(12-29(17)18)20(21,22)23;1-3-4-7(2,5)6;/h2,5-7,10,12-13,15H,3-4,8-9,11H2,1H3;4H,3H2,1-2H3;1H/t13-;;/m1../s1. The highest BCUT2D eigenvalue weighted by atomic mass is 32.2. The summed E-state index contributed by atoms with van der Waals surface area (Å²) < 4.78 is 63.3. The summed E-state index contributed by atoms with van der Waals surface area (Å²) in [6.07, 6.45) is 3.57. The molecule has 1 aliphatic carbocycles. The predicted octanol–water partition coefficient (Wildman–Crippen LogP) is 3.28. The monoisotopic (exact) mass is 527 g/mol. The Labute approximate surface area is 209 Å². The number of nitrogens with zero attached hydrogens (tertiary/aromatic N) is 6. The first-order valence-electron chi connectivity index (χ1n) is 11.8. The third-order valence-corrected chi connectivity index (χ3v) is 6.94. The van der Waals surface area contributed by atoms with Crippen LogP contribution in [0.5, 0.6) is 0 Å². The van der Waals surface area contributed by atoms with Crippen LogP contribution in [0.25, 0.3) is 17.0 Å². The quantitative estimate of drug-likeness (QED) is 0.544. The minimum absolute atomic E-state index is 0. The molecule has 1 aliphatic heterocycles. The van der Waals surface area contributed by atoms with E-state index in [1.54, 1.807) is 25.4 Å². The van der Waals surface area contributed by atoms with Crippen LogP contribution in [0.3, 0.4) is 0 Å². The Morgan fingerprint density at radius 3 is 2.50 bits per heavy atom. The zero-order valence-corrected chi connectivity index (χ0v) is 21.2. The molecule has 1 saturated carbocycles. The van der Waals surface area contributed by atoms with Crippen LogP contribution in [0.1, 0.15) is 33.7 Å². The Hall–Kier alpha value is -2.77. The Morgan fingerprint density at radius 2 is 1.92 bits per heavy atom. The van der Waals surface area contributed by atoms with Gasteiger partial charge in [0.1, 0.15) is 5.65 Å². The first-order chi connectivity index (χ1) is 17.0. The summed E-state index contributed by atoms with van der Waals surface area (Å²) in [7, 11) is -2.92. The fourth-order valence-corrected chi connectivity index (χ4v) is 4.81. The highest BCUT2D eigenvalue weighted by Gasteiger charge is 2.35. The number of imidazole rings is 1. The number of alkyl halides is 3. The molecular formula is C23H32F3N7O2S. The second-order valence-corrected chi connectivity index (χ2v) is 10.9. The highest BCUT2D eigenvalue weighted by molar-refractivity contribution is 7.88. The Kier molecular flexibility index (Phi) is 7.53. The Bertz CT molecular complexity index is 1320. The fourth-order valence-electron chi connectivity index (χ4n) is 4.28. The zero-order chi connectivity index (χ0) is 26.1. The largest absolute Gasteiger partial charge is 0.417 e. The minimum atomic E-state index is -4.41. The van der Waals surface area contributed by atoms with Crippen molar-refractivity contribution in [3.8, 4) is 11.4 Å². The molecule has 1 N–H and O–H groups in total. The smallest absolute Gasteiger partial charge is 0.336 e. The summed E-state index contributed by atoms with van der Waals surface area (Å²) in [6.45, 7) is 7.16. The molecule has 13 heteroatoms. The average molecular weight is 528 g/mol. The summed E-state index contributed by atoms with van der Waals surface area (Å²) in [5.41, 5.74) is 0.792. The van der Waals surface area contributed by atoms with E-state index in [0.29, 0.717) is 29.5 Å². The number of anilines is 1. The van der Waals surface area contributed by atoms with Gasteiger partial charge in [0.05, 0.1) is 29.4 Å². The molecular weight excluding hydrogens is 495 g/mol. The number of sulfonamides is 1.